The van der Waals surface area contributed by atoms with E-state index in [4.69, 9.17) is 51.6 Å². The lowest BCUT2D eigenvalue weighted by Gasteiger charge is -2.30. The van der Waals surface area contributed by atoms with Crippen molar-refractivity contribution in [3.8, 4) is 0 Å². The number of hydrogen-bond acceptors (Lipinski definition) is 23. The summed E-state index contributed by atoms with van der Waals surface area (Å²) < 4.78 is 0. The molecule has 0 unspecified atom stereocenters. The minimum atomic E-state index is -2.16. The quantitative estimate of drug-likeness (QED) is 0.0153. The third-order valence-corrected chi connectivity index (χ3v) is 18.5. The van der Waals surface area contributed by atoms with Gasteiger partial charge in [-0.25, -0.2) is 4.79 Å². The molecule has 0 spiro atoms. The van der Waals surface area contributed by atoms with Gasteiger partial charge in [0.25, 0.3) is 0 Å². The SMILES string of the molecule is CC[C@H](C)[C@H](NC(=O)[C@H](C)NC(=O)[C@H](CC(C)C)NC(=O)[C@H](CCC(N)=O)NC(=O)[C@H](CCCN=C(N)N)NC(=O)CNC(=O)[C@@H](N)C(C)C)C(=O)N[C@H](C(=O)NCC(=O)N[C@@H](CC(=O)O)C(=O)N[C@@H](CC(=O)O)C(=O)N[C@H](C(=O)N[C@@H](CC(N)=O)C(=O)N[C@@H](CCCN=C(N)N)C(=O)N[C@@H](CCCN=C(N)N)C(=O)O)[C@@H](C)CC)[C@@H](C)CC. The average Bonchev–Trinajstić information content (AvgIpc) is 0.851. The van der Waals surface area contributed by atoms with Crippen LogP contribution in [0.5, 0.6) is 0 Å². The smallest absolute Gasteiger partial charge is 0.326 e. The summed E-state index contributed by atoms with van der Waals surface area (Å²) in [5.41, 5.74) is 49.2. The highest BCUT2D eigenvalue weighted by molar-refractivity contribution is 6.02. The van der Waals surface area contributed by atoms with Crippen LogP contribution >= 0.6 is 0 Å². The highest BCUT2D eigenvalue weighted by atomic mass is 16.4. The minimum Gasteiger partial charge on any atom is -0.481 e. The van der Waals surface area contributed by atoms with Crippen molar-refractivity contribution in [2.75, 3.05) is 32.7 Å². The summed E-state index contributed by atoms with van der Waals surface area (Å²) in [5, 5.41) is 62.9. The molecule has 0 aliphatic heterocycles. The van der Waals surface area contributed by atoms with Crippen molar-refractivity contribution in [2.45, 2.75) is 251 Å². The lowest BCUT2D eigenvalue weighted by atomic mass is 9.94. The fourth-order valence-corrected chi connectivity index (χ4v) is 11.0. The van der Waals surface area contributed by atoms with Crippen molar-refractivity contribution in [3.05, 3.63) is 0 Å². The number of aliphatic imine (C=N–C) groups is 3. The Labute approximate surface area is 688 Å². The Morgan fingerprint density at radius 1 is 0.328 bits per heavy atom. The van der Waals surface area contributed by atoms with E-state index >= 15 is 0 Å². The molecular formula is C71H126N26O22. The van der Waals surface area contributed by atoms with Crippen LogP contribution in [0.2, 0.25) is 0 Å². The molecule has 0 saturated heterocycles. The largest absolute Gasteiger partial charge is 0.481 e. The van der Waals surface area contributed by atoms with E-state index in [1.54, 1.807) is 62.3 Å². The second-order valence-electron chi connectivity index (χ2n) is 29.3. The molecule has 0 aromatic carbocycles. The Hall–Kier alpha value is -12.3. The van der Waals surface area contributed by atoms with Gasteiger partial charge in [0.1, 0.15) is 72.5 Å². The molecule has 0 bridgehead atoms. The van der Waals surface area contributed by atoms with Crippen LogP contribution in [-0.4, -0.2) is 257 Å². The van der Waals surface area contributed by atoms with Gasteiger partial charge in [-0.05, 0) is 87.9 Å². The second kappa shape index (κ2) is 55.3. The normalized spacial score (nSPS) is 15.0. The van der Waals surface area contributed by atoms with Gasteiger partial charge in [0.15, 0.2) is 17.9 Å². The van der Waals surface area contributed by atoms with E-state index in [2.05, 4.69) is 89.4 Å². The molecule has 0 aromatic heterocycles. The topological polar surface area (TPSA) is 825 Å². The van der Waals surface area contributed by atoms with Crippen molar-refractivity contribution in [3.63, 3.8) is 0 Å². The predicted octanol–water partition coefficient (Wildman–Crippen LogP) is -9.44. The second-order valence-corrected chi connectivity index (χ2v) is 29.3. The van der Waals surface area contributed by atoms with E-state index in [9.17, 15) is 106 Å². The van der Waals surface area contributed by atoms with Crippen molar-refractivity contribution >= 4 is 130 Å². The first kappa shape index (κ1) is 107. The van der Waals surface area contributed by atoms with E-state index in [0.717, 1.165) is 0 Å². The van der Waals surface area contributed by atoms with E-state index < -0.39 is 254 Å². The van der Waals surface area contributed by atoms with E-state index in [0.29, 0.717) is 0 Å². The predicted molar refractivity (Wildman–Crippen MR) is 430 cm³/mol. The molecule has 119 heavy (non-hydrogen) atoms. The zero-order chi connectivity index (χ0) is 91.3. The number of rotatable bonds is 59. The van der Waals surface area contributed by atoms with E-state index in [-0.39, 0.29) is 114 Å². The van der Waals surface area contributed by atoms with Gasteiger partial charge in [-0.1, -0.05) is 88.5 Å². The zero-order valence-corrected chi connectivity index (χ0v) is 69.2. The van der Waals surface area contributed by atoms with Crippen molar-refractivity contribution < 1.29 is 106 Å². The van der Waals surface area contributed by atoms with Crippen LogP contribution in [0.15, 0.2) is 15.0 Å². The van der Waals surface area contributed by atoms with Gasteiger partial charge in [-0.15, -0.1) is 0 Å². The number of primary amides is 2. The van der Waals surface area contributed by atoms with Crippen LogP contribution in [0.3, 0.4) is 0 Å². The Balaban J connectivity index is 6.80. The Bertz CT molecular complexity index is 3590. The molecule has 0 radical (unpaired) electrons. The van der Waals surface area contributed by atoms with Crippen molar-refractivity contribution in [1.82, 2.24) is 74.4 Å². The molecule has 0 aromatic rings. The summed E-state index contributed by atoms with van der Waals surface area (Å²) in [6.07, 6.45) is -4.18. The number of hydrogen-bond donors (Lipinski definition) is 26. The van der Waals surface area contributed by atoms with Gasteiger partial charge in [-0.3, -0.25) is 101 Å². The van der Waals surface area contributed by atoms with Gasteiger partial charge < -0.3 is 141 Å². The molecule has 0 fully saturated rings. The van der Waals surface area contributed by atoms with E-state index in [1.807, 2.05) is 0 Å². The minimum absolute atomic E-state index is 0.00421. The first-order valence-electron chi connectivity index (χ1n) is 38.8. The third kappa shape index (κ3) is 43.5. The summed E-state index contributed by atoms with van der Waals surface area (Å²) >= 11 is 0. The number of carbonyl (C=O) groups excluding carboxylic acids is 16. The Morgan fingerprint density at radius 3 is 1.03 bits per heavy atom. The highest BCUT2D eigenvalue weighted by Crippen LogP contribution is 2.16. The van der Waals surface area contributed by atoms with Crippen LogP contribution in [0.1, 0.15) is 172 Å². The maximum absolute atomic E-state index is 14.3. The molecule has 48 heteroatoms. The number of guanidine groups is 3. The molecule has 0 saturated carbocycles. The number of nitrogens with zero attached hydrogens (tertiary/aromatic N) is 3. The Morgan fingerprint density at radius 2 is 0.639 bits per heavy atom. The molecule has 0 aliphatic rings. The first-order valence-corrected chi connectivity index (χ1v) is 38.8. The zero-order valence-electron chi connectivity index (χ0n) is 69.2. The summed E-state index contributed by atoms with van der Waals surface area (Å²) in [7, 11) is 0. The van der Waals surface area contributed by atoms with Gasteiger partial charge in [0.2, 0.25) is 94.5 Å². The third-order valence-electron chi connectivity index (χ3n) is 18.5. The van der Waals surface area contributed by atoms with Crippen LogP contribution in [0.4, 0.5) is 0 Å². The molecule has 0 heterocycles. The summed E-state index contributed by atoms with van der Waals surface area (Å²) in [6, 6.07) is -20.8. The number of amides is 16. The lowest BCUT2D eigenvalue weighted by molar-refractivity contribution is -0.143. The summed E-state index contributed by atoms with van der Waals surface area (Å²) in [5.74, 6) is -25.5. The van der Waals surface area contributed by atoms with Crippen LogP contribution < -0.4 is 126 Å². The monoisotopic (exact) mass is 1690 g/mol. The highest BCUT2D eigenvalue weighted by Gasteiger charge is 2.40. The summed E-state index contributed by atoms with van der Waals surface area (Å²) in [6.45, 7) is 15.8. The van der Waals surface area contributed by atoms with Crippen LogP contribution in [0.25, 0.3) is 0 Å². The maximum Gasteiger partial charge on any atom is 0.326 e. The molecule has 0 aliphatic carbocycles. The Kier molecular flexibility index (Phi) is 49.6. The maximum atomic E-state index is 14.3. The van der Waals surface area contributed by atoms with Crippen LogP contribution in [0, 0.1) is 29.6 Å². The van der Waals surface area contributed by atoms with Crippen molar-refractivity contribution in [2.24, 2.45) is 96.2 Å². The van der Waals surface area contributed by atoms with Gasteiger partial charge in [0.05, 0.1) is 38.4 Å². The van der Waals surface area contributed by atoms with Gasteiger partial charge in [0, 0.05) is 26.1 Å². The molecule has 48 nitrogen and oxygen atoms in total. The number of aliphatic carboxylic acids is 3. The fourth-order valence-electron chi connectivity index (χ4n) is 11.0. The molecule has 672 valence electrons. The number of nitrogens with one attached hydrogen (secondary N) is 14. The standard InChI is InChI=1S/C71H126N26O22/c1-12-34(8)53(97-67(117)55(36(10)14-3)95-56(106)37(11)86-60(110)42(26-32(4)5)92-59(109)40(21-22-46(72)98)90-57(107)38(18-15-23-81-69(75)76)87-48(100)30-84-64(114)52(74)33(6)7)65(115)85-31-49(101)88-44(28-50(102)103)62(112)93-45(29-51(104)105)63(113)96-54(35(9)13-2)66(116)94-43(27-47(73)99)61(111)89-39(19-16-24-82-70(77)78)58(108)91-41(68(118)119)20-17-25-83-71(79)80/h32-45,52-55H,12-31,74H2,1-11H3,(H2,72,98)(H2,73,99)(H,84,114)(H,85,115)(H,86,110)(H,87,100)(H,88,101)(H,89,111)(H,90,107)(H,91,108)(H,92,109)(H,93,112)(H,94,116)(H,95,106)(H,96,113)(H,97,117)(H,102,103)(H,104,105)(H,118,119)(H4,75,76,81)(H4,77,78,82)(H4,79,80,83)/t34-,35-,36-,37-,38-,39-,40-,41-,42-,43-,44-,45-,52-,53-,54-,55-/m0/s1. The summed E-state index contributed by atoms with van der Waals surface area (Å²) in [4.78, 5) is 266. The number of carbonyl (C=O) groups is 19. The van der Waals surface area contributed by atoms with Gasteiger partial charge >= 0.3 is 17.9 Å². The number of nitrogens with two attached hydrogens (primary N) is 9. The molecule has 16 atom stereocenters. The average molecular weight is 1700 g/mol. The number of carboxylic acids is 3. The van der Waals surface area contributed by atoms with Crippen molar-refractivity contribution in [1.29, 1.82) is 0 Å². The molecule has 0 rings (SSSR count). The first-order chi connectivity index (χ1) is 55.5. The lowest BCUT2D eigenvalue weighted by Crippen LogP contribution is -2.61. The van der Waals surface area contributed by atoms with E-state index in [1.165, 1.54) is 13.8 Å². The van der Waals surface area contributed by atoms with Crippen LogP contribution in [-0.2, 0) is 91.1 Å². The molecule has 16 amide bonds. The van der Waals surface area contributed by atoms with Gasteiger partial charge in [-0.2, -0.15) is 0 Å². The molecule has 35 N–H and O–H groups in total. The fraction of sp³-hybridized carbons (Fsp3) is 0.690. The molecular weight excluding hydrogens is 1570 g/mol. The number of carboxylic acid groups (broad SMARTS) is 3.